The van der Waals surface area contributed by atoms with Crippen molar-refractivity contribution in [1.82, 2.24) is 10.1 Å². The number of hydrogen-bond acceptors (Lipinski definition) is 3. The van der Waals surface area contributed by atoms with E-state index in [1.807, 2.05) is 0 Å². The van der Waals surface area contributed by atoms with Gasteiger partial charge in [-0.3, -0.25) is 0 Å². The zero-order valence-corrected chi connectivity index (χ0v) is 6.48. The third-order valence-electron chi connectivity index (χ3n) is 1.08. The van der Waals surface area contributed by atoms with Crippen molar-refractivity contribution in [2.75, 3.05) is 0 Å². The highest BCUT2D eigenvalue weighted by molar-refractivity contribution is 6.27. The topological polar surface area (TPSA) is 38.9 Å². The predicted molar refractivity (Wildman–Crippen MR) is 33.7 cm³/mol. The van der Waals surface area contributed by atoms with Crippen LogP contribution in [0.3, 0.4) is 0 Å². The number of nitrogens with zero attached hydrogens (tertiary/aromatic N) is 2. The average molecular weight is 201 g/mol. The van der Waals surface area contributed by atoms with Gasteiger partial charge in [-0.2, -0.15) is 18.2 Å². The smallest absolute Gasteiger partial charge is 0.321 e. The van der Waals surface area contributed by atoms with E-state index in [0.29, 0.717) is 0 Å². The molecule has 0 bridgehead atoms. The largest absolute Gasteiger partial charge is 0.389 e. The Labute approximate surface area is 70.5 Å². The van der Waals surface area contributed by atoms with Crippen LogP contribution in [-0.2, 0) is 6.42 Å². The van der Waals surface area contributed by atoms with Crippen molar-refractivity contribution in [2.24, 2.45) is 0 Å². The van der Waals surface area contributed by atoms with E-state index in [2.05, 4.69) is 14.7 Å². The predicted octanol–water partition coefficient (Wildman–Crippen LogP) is 2.22. The van der Waals surface area contributed by atoms with Crippen LogP contribution in [0.15, 0.2) is 4.52 Å². The van der Waals surface area contributed by atoms with E-state index < -0.39 is 12.6 Å². The van der Waals surface area contributed by atoms with E-state index in [1.54, 1.807) is 0 Å². The van der Waals surface area contributed by atoms with Gasteiger partial charge in [0.15, 0.2) is 5.82 Å². The van der Waals surface area contributed by atoms with Crippen molar-refractivity contribution < 1.29 is 17.7 Å². The van der Waals surface area contributed by atoms with E-state index in [0.717, 1.165) is 0 Å². The van der Waals surface area contributed by atoms with Gasteiger partial charge in [0, 0.05) is 6.42 Å². The van der Waals surface area contributed by atoms with Gasteiger partial charge < -0.3 is 4.52 Å². The van der Waals surface area contributed by atoms with Gasteiger partial charge in [0.2, 0.25) is 0 Å². The molecule has 68 valence electrons. The van der Waals surface area contributed by atoms with Crippen LogP contribution in [0.5, 0.6) is 0 Å². The fraction of sp³-hybridized carbons (Fsp3) is 0.600. The van der Waals surface area contributed by atoms with Gasteiger partial charge in [0.1, 0.15) is 0 Å². The van der Waals surface area contributed by atoms with Crippen molar-refractivity contribution in [3.8, 4) is 0 Å². The molecule has 1 aromatic heterocycles. The normalized spacial score (nSPS) is 12.0. The lowest BCUT2D eigenvalue weighted by Crippen LogP contribution is -2.09. The summed E-state index contributed by atoms with van der Waals surface area (Å²) in [6.07, 6.45) is -5.48. The molecular weight excluding hydrogens is 197 g/mol. The molecule has 0 amide bonds. The van der Waals surface area contributed by atoms with Crippen molar-refractivity contribution >= 4 is 11.6 Å². The van der Waals surface area contributed by atoms with Crippen LogP contribution in [0.25, 0.3) is 0 Å². The summed E-state index contributed by atoms with van der Waals surface area (Å²) in [6, 6.07) is 0. The van der Waals surface area contributed by atoms with Gasteiger partial charge in [0.05, 0.1) is 6.42 Å². The van der Waals surface area contributed by atoms with Crippen molar-refractivity contribution in [2.45, 2.75) is 19.0 Å². The van der Waals surface area contributed by atoms with Crippen molar-refractivity contribution in [3.05, 3.63) is 11.2 Å². The molecule has 0 radical (unpaired) electrons. The third kappa shape index (κ3) is 3.08. The van der Waals surface area contributed by atoms with Gasteiger partial charge in [0.25, 0.3) is 0 Å². The van der Waals surface area contributed by atoms with Crippen molar-refractivity contribution in [3.63, 3.8) is 0 Å². The van der Waals surface area contributed by atoms with Crippen LogP contribution in [0.2, 0.25) is 5.35 Å². The zero-order valence-electron chi connectivity index (χ0n) is 5.73. The van der Waals surface area contributed by atoms with Gasteiger partial charge >= 0.3 is 11.5 Å². The molecule has 0 fully saturated rings. The molecule has 0 saturated carbocycles. The fourth-order valence-corrected chi connectivity index (χ4v) is 0.720. The monoisotopic (exact) mass is 200 g/mol. The Morgan fingerprint density at radius 2 is 2.08 bits per heavy atom. The Morgan fingerprint density at radius 3 is 2.50 bits per heavy atom. The summed E-state index contributed by atoms with van der Waals surface area (Å²) in [6.45, 7) is 0. The Morgan fingerprint density at radius 1 is 1.42 bits per heavy atom. The van der Waals surface area contributed by atoms with Crippen LogP contribution in [0, 0.1) is 0 Å². The highest BCUT2D eigenvalue weighted by Gasteiger charge is 2.27. The van der Waals surface area contributed by atoms with E-state index in [4.69, 9.17) is 11.6 Å². The summed E-state index contributed by atoms with van der Waals surface area (Å²) in [4.78, 5) is 3.40. The molecule has 1 rings (SSSR count). The summed E-state index contributed by atoms with van der Waals surface area (Å²) in [5, 5.41) is 2.96. The SMILES string of the molecule is FC(F)(F)CCc1noc(Cl)n1. The first kappa shape index (κ1) is 9.31. The van der Waals surface area contributed by atoms with Gasteiger partial charge in [-0.05, 0) is 11.6 Å². The van der Waals surface area contributed by atoms with Crippen LogP contribution in [-0.4, -0.2) is 16.3 Å². The lowest BCUT2D eigenvalue weighted by Gasteiger charge is -2.01. The first-order valence-electron chi connectivity index (χ1n) is 3.02. The third-order valence-corrected chi connectivity index (χ3v) is 1.23. The van der Waals surface area contributed by atoms with Crippen LogP contribution in [0.1, 0.15) is 12.2 Å². The van der Waals surface area contributed by atoms with E-state index in [1.165, 1.54) is 0 Å². The first-order valence-corrected chi connectivity index (χ1v) is 3.40. The molecule has 0 saturated heterocycles. The Hall–Kier alpha value is -0.780. The second-order valence-corrected chi connectivity index (χ2v) is 2.40. The van der Waals surface area contributed by atoms with Gasteiger partial charge in [-0.25, -0.2) is 0 Å². The van der Waals surface area contributed by atoms with E-state index in [-0.39, 0.29) is 17.6 Å². The van der Waals surface area contributed by atoms with Gasteiger partial charge in [-0.15, -0.1) is 0 Å². The molecule has 1 heterocycles. The Bertz CT molecular complexity index is 259. The number of rotatable bonds is 2. The van der Waals surface area contributed by atoms with Crippen molar-refractivity contribution in [1.29, 1.82) is 0 Å². The van der Waals surface area contributed by atoms with Gasteiger partial charge in [-0.1, -0.05) is 5.16 Å². The highest BCUT2D eigenvalue weighted by Crippen LogP contribution is 2.21. The standard InChI is InChI=1S/C5H4ClF3N2O/c6-4-10-3(11-12-4)1-2-5(7,8)9/h1-2H2. The summed E-state index contributed by atoms with van der Waals surface area (Å²) in [7, 11) is 0. The second-order valence-electron chi connectivity index (χ2n) is 2.08. The van der Waals surface area contributed by atoms with Crippen LogP contribution >= 0.6 is 11.6 Å². The second kappa shape index (κ2) is 3.30. The fourth-order valence-electron chi connectivity index (χ4n) is 0.588. The Kier molecular flexibility index (Phi) is 2.56. The molecule has 0 atom stereocenters. The highest BCUT2D eigenvalue weighted by atomic mass is 35.5. The molecular formula is C5H4ClF3N2O. The van der Waals surface area contributed by atoms with E-state index >= 15 is 0 Å². The summed E-state index contributed by atoms with van der Waals surface area (Å²) in [5.41, 5.74) is 0. The molecule has 3 nitrogen and oxygen atoms in total. The Balaban J connectivity index is 2.44. The molecule has 0 aromatic carbocycles. The summed E-state index contributed by atoms with van der Waals surface area (Å²) >= 11 is 5.19. The maximum absolute atomic E-state index is 11.6. The maximum Gasteiger partial charge on any atom is 0.389 e. The summed E-state index contributed by atoms with van der Waals surface area (Å²) in [5.74, 6) is -0.0303. The molecule has 1 aromatic rings. The minimum absolute atomic E-state index is 0.0303. The molecule has 12 heavy (non-hydrogen) atoms. The number of hydrogen-bond donors (Lipinski definition) is 0. The number of alkyl halides is 3. The van der Waals surface area contributed by atoms with E-state index in [9.17, 15) is 13.2 Å². The minimum atomic E-state index is -4.20. The number of halogens is 4. The number of aromatic nitrogens is 2. The summed E-state index contributed by atoms with van der Waals surface area (Å²) < 4.78 is 39.2. The first-order chi connectivity index (χ1) is 5.47. The molecule has 0 N–H and O–H groups in total. The minimum Gasteiger partial charge on any atom is -0.321 e. The molecule has 7 heteroatoms. The van der Waals surface area contributed by atoms with Crippen LogP contribution in [0.4, 0.5) is 13.2 Å². The lowest BCUT2D eigenvalue weighted by molar-refractivity contribution is -0.134. The quantitative estimate of drug-likeness (QED) is 0.735. The maximum atomic E-state index is 11.6. The molecule has 0 unspecified atom stereocenters. The molecule has 0 aliphatic rings. The zero-order chi connectivity index (χ0) is 9.19. The molecule has 0 aliphatic carbocycles. The number of aryl methyl sites for hydroxylation is 1. The van der Waals surface area contributed by atoms with Crippen LogP contribution < -0.4 is 0 Å². The average Bonchev–Trinajstić information content (AvgIpc) is 2.30. The lowest BCUT2D eigenvalue weighted by atomic mass is 10.3. The molecule has 0 aliphatic heterocycles. The molecule has 0 spiro atoms.